The third-order valence-electron chi connectivity index (χ3n) is 5.15. The van der Waals surface area contributed by atoms with E-state index in [1.807, 2.05) is 61.5 Å². The lowest BCUT2D eigenvalue weighted by molar-refractivity contribution is -0.133. The molecule has 33 heavy (non-hydrogen) atoms. The molecule has 0 aliphatic rings. The van der Waals surface area contributed by atoms with Crippen LogP contribution in [-0.2, 0) is 9.59 Å². The third-order valence-corrected chi connectivity index (χ3v) is 5.48. The predicted molar refractivity (Wildman–Crippen MR) is 130 cm³/mol. The van der Waals surface area contributed by atoms with Crippen molar-refractivity contribution in [2.45, 2.75) is 19.4 Å². The second kappa shape index (κ2) is 11.3. The number of aryl methyl sites for hydroxylation is 1. The minimum absolute atomic E-state index is 0.00544. The molecule has 0 aromatic heterocycles. The van der Waals surface area contributed by atoms with Crippen LogP contribution in [0.15, 0.2) is 78.9 Å². The molecule has 0 saturated carbocycles. The maximum absolute atomic E-state index is 12.9. The summed E-state index contributed by atoms with van der Waals surface area (Å²) in [6.07, 6.45) is -0.00544. The Kier molecular flexibility index (Phi) is 8.22. The van der Waals surface area contributed by atoms with E-state index in [0.717, 1.165) is 11.1 Å². The second-order valence-electron chi connectivity index (χ2n) is 7.78. The molecule has 2 N–H and O–H groups in total. The van der Waals surface area contributed by atoms with E-state index in [1.54, 1.807) is 31.3 Å². The summed E-state index contributed by atoms with van der Waals surface area (Å²) < 4.78 is 0. The zero-order chi connectivity index (χ0) is 23.8. The molecule has 0 bridgehead atoms. The number of rotatable bonds is 8. The normalized spacial score (nSPS) is 11.4. The fraction of sp³-hybridized carbons (Fsp3) is 0.192. The SMILES string of the molecule is Cc1ccc(NC(=O)CN(C)C(=O)CC(NC(=O)c2ccccc2Cl)c2ccccc2)cc1. The summed E-state index contributed by atoms with van der Waals surface area (Å²) >= 11 is 6.16. The summed E-state index contributed by atoms with van der Waals surface area (Å²) in [6.45, 7) is 1.86. The lowest BCUT2D eigenvalue weighted by atomic mass is 10.0. The minimum atomic E-state index is -0.579. The summed E-state index contributed by atoms with van der Waals surface area (Å²) in [5.41, 5.74) is 2.87. The molecular weight excluding hydrogens is 438 g/mol. The maximum Gasteiger partial charge on any atom is 0.253 e. The number of anilines is 1. The van der Waals surface area contributed by atoms with Gasteiger partial charge in [-0.25, -0.2) is 0 Å². The highest BCUT2D eigenvalue weighted by molar-refractivity contribution is 6.33. The van der Waals surface area contributed by atoms with Crippen LogP contribution in [0, 0.1) is 6.92 Å². The first-order valence-electron chi connectivity index (χ1n) is 10.5. The van der Waals surface area contributed by atoms with E-state index < -0.39 is 6.04 Å². The Morgan fingerprint density at radius 2 is 1.55 bits per heavy atom. The first-order chi connectivity index (χ1) is 15.8. The molecule has 0 fully saturated rings. The van der Waals surface area contributed by atoms with Gasteiger partial charge in [-0.05, 0) is 36.8 Å². The van der Waals surface area contributed by atoms with Crippen molar-refractivity contribution in [3.8, 4) is 0 Å². The Morgan fingerprint density at radius 3 is 2.21 bits per heavy atom. The van der Waals surface area contributed by atoms with Gasteiger partial charge in [0, 0.05) is 12.7 Å². The van der Waals surface area contributed by atoms with Gasteiger partial charge in [0.15, 0.2) is 0 Å². The maximum atomic E-state index is 12.9. The van der Waals surface area contributed by atoms with Crippen LogP contribution >= 0.6 is 11.6 Å². The number of halogens is 1. The smallest absolute Gasteiger partial charge is 0.253 e. The molecule has 170 valence electrons. The van der Waals surface area contributed by atoms with Gasteiger partial charge in [0.2, 0.25) is 11.8 Å². The number of carbonyl (C=O) groups excluding carboxylic acids is 3. The van der Waals surface area contributed by atoms with Gasteiger partial charge in [0.1, 0.15) is 0 Å². The fourth-order valence-corrected chi connectivity index (χ4v) is 3.51. The van der Waals surface area contributed by atoms with Crippen LogP contribution in [0.25, 0.3) is 0 Å². The Balaban J connectivity index is 1.66. The quantitative estimate of drug-likeness (QED) is 0.512. The van der Waals surface area contributed by atoms with E-state index in [-0.39, 0.29) is 30.7 Å². The number of hydrogen-bond acceptors (Lipinski definition) is 3. The van der Waals surface area contributed by atoms with Gasteiger partial charge in [0.05, 0.1) is 29.6 Å². The van der Waals surface area contributed by atoms with Crippen molar-refractivity contribution in [1.29, 1.82) is 0 Å². The number of likely N-dealkylation sites (N-methyl/N-ethyl adjacent to an activating group) is 1. The van der Waals surface area contributed by atoms with Crippen LogP contribution in [0.2, 0.25) is 5.02 Å². The van der Waals surface area contributed by atoms with Gasteiger partial charge >= 0.3 is 0 Å². The molecule has 3 amide bonds. The van der Waals surface area contributed by atoms with Crippen molar-refractivity contribution in [3.63, 3.8) is 0 Å². The van der Waals surface area contributed by atoms with E-state index in [2.05, 4.69) is 10.6 Å². The van der Waals surface area contributed by atoms with Crippen LogP contribution < -0.4 is 10.6 Å². The summed E-state index contributed by atoms with van der Waals surface area (Å²) in [6, 6.07) is 22.8. The van der Waals surface area contributed by atoms with Gasteiger partial charge in [0.25, 0.3) is 5.91 Å². The average molecular weight is 464 g/mol. The molecule has 0 saturated heterocycles. The van der Waals surface area contributed by atoms with Gasteiger partial charge in [-0.2, -0.15) is 0 Å². The highest BCUT2D eigenvalue weighted by Crippen LogP contribution is 2.21. The molecule has 7 heteroatoms. The highest BCUT2D eigenvalue weighted by Gasteiger charge is 2.23. The molecule has 3 rings (SSSR count). The van der Waals surface area contributed by atoms with E-state index in [4.69, 9.17) is 11.6 Å². The molecule has 1 unspecified atom stereocenters. The van der Waals surface area contributed by atoms with Gasteiger partial charge in [-0.3, -0.25) is 14.4 Å². The first kappa shape index (κ1) is 24.0. The van der Waals surface area contributed by atoms with E-state index in [9.17, 15) is 14.4 Å². The molecular formula is C26H26ClN3O3. The van der Waals surface area contributed by atoms with Crippen molar-refractivity contribution >= 4 is 35.0 Å². The van der Waals surface area contributed by atoms with Crippen molar-refractivity contribution in [3.05, 3.63) is 101 Å². The van der Waals surface area contributed by atoms with E-state index in [0.29, 0.717) is 16.3 Å². The van der Waals surface area contributed by atoms with Crippen LogP contribution in [-0.4, -0.2) is 36.2 Å². The lowest BCUT2D eigenvalue weighted by Gasteiger charge is -2.23. The minimum Gasteiger partial charge on any atom is -0.345 e. The van der Waals surface area contributed by atoms with E-state index in [1.165, 1.54) is 4.90 Å². The van der Waals surface area contributed by atoms with Gasteiger partial charge < -0.3 is 15.5 Å². The number of benzene rings is 3. The number of nitrogens with one attached hydrogen (secondary N) is 2. The number of hydrogen-bond donors (Lipinski definition) is 2. The van der Waals surface area contributed by atoms with Crippen LogP contribution in [0.3, 0.4) is 0 Å². The van der Waals surface area contributed by atoms with Crippen LogP contribution in [0.4, 0.5) is 5.69 Å². The Labute approximate surface area is 198 Å². The Morgan fingerprint density at radius 1 is 0.909 bits per heavy atom. The summed E-state index contributed by atoms with van der Waals surface area (Å²) in [4.78, 5) is 39.5. The first-order valence-corrected chi connectivity index (χ1v) is 10.9. The largest absolute Gasteiger partial charge is 0.345 e. The molecule has 1 atom stereocenters. The van der Waals surface area contributed by atoms with Crippen molar-refractivity contribution < 1.29 is 14.4 Å². The van der Waals surface area contributed by atoms with Crippen molar-refractivity contribution in [2.24, 2.45) is 0 Å². The van der Waals surface area contributed by atoms with Crippen molar-refractivity contribution in [2.75, 3.05) is 18.9 Å². The molecule has 0 radical (unpaired) electrons. The Hall–Kier alpha value is -3.64. The van der Waals surface area contributed by atoms with Crippen LogP contribution in [0.1, 0.15) is 33.9 Å². The predicted octanol–water partition coefficient (Wildman–Crippen LogP) is 4.61. The van der Waals surface area contributed by atoms with Gasteiger partial charge in [-0.1, -0.05) is 71.8 Å². The number of carbonyl (C=O) groups is 3. The molecule has 0 spiro atoms. The lowest BCUT2D eigenvalue weighted by Crippen LogP contribution is -2.38. The zero-order valence-corrected chi connectivity index (χ0v) is 19.3. The van der Waals surface area contributed by atoms with Crippen LogP contribution in [0.5, 0.6) is 0 Å². The Bertz CT molecular complexity index is 1120. The third kappa shape index (κ3) is 6.92. The zero-order valence-electron chi connectivity index (χ0n) is 18.5. The molecule has 0 aliphatic heterocycles. The summed E-state index contributed by atoms with van der Waals surface area (Å²) in [5.74, 6) is -0.949. The molecule has 0 heterocycles. The molecule has 3 aromatic rings. The standard InChI is InChI=1S/C26H26ClN3O3/c1-18-12-14-20(15-13-18)28-24(31)17-30(2)25(32)16-23(19-8-4-3-5-9-19)29-26(33)21-10-6-7-11-22(21)27/h3-15,23H,16-17H2,1-2H3,(H,28,31)(H,29,33). The van der Waals surface area contributed by atoms with Gasteiger partial charge in [-0.15, -0.1) is 0 Å². The topological polar surface area (TPSA) is 78.5 Å². The highest BCUT2D eigenvalue weighted by atomic mass is 35.5. The molecule has 0 aliphatic carbocycles. The molecule has 3 aromatic carbocycles. The molecule has 6 nitrogen and oxygen atoms in total. The number of amides is 3. The second-order valence-corrected chi connectivity index (χ2v) is 8.19. The van der Waals surface area contributed by atoms with Crippen molar-refractivity contribution in [1.82, 2.24) is 10.2 Å². The fourth-order valence-electron chi connectivity index (χ4n) is 3.29. The van der Waals surface area contributed by atoms with E-state index >= 15 is 0 Å². The monoisotopic (exact) mass is 463 g/mol. The number of nitrogens with zero attached hydrogens (tertiary/aromatic N) is 1. The summed E-state index contributed by atoms with van der Waals surface area (Å²) in [5, 5.41) is 6.02. The average Bonchev–Trinajstić information content (AvgIpc) is 2.80. The summed E-state index contributed by atoms with van der Waals surface area (Å²) in [7, 11) is 1.56.